The van der Waals surface area contributed by atoms with E-state index in [1.165, 1.54) is 6.07 Å². The molecule has 0 spiro atoms. The van der Waals surface area contributed by atoms with Crippen LogP contribution in [-0.4, -0.2) is 34.7 Å². The number of rotatable bonds is 6. The number of nitrogens with zero attached hydrogens (tertiary/aromatic N) is 2. The molecule has 0 radical (unpaired) electrons. The lowest BCUT2D eigenvalue weighted by Gasteiger charge is -2.08. The fourth-order valence-electron chi connectivity index (χ4n) is 2.53. The summed E-state index contributed by atoms with van der Waals surface area (Å²) >= 11 is 3.44. The number of aromatic nitrogens is 3. The number of aromatic amines is 1. The van der Waals surface area contributed by atoms with Crippen molar-refractivity contribution in [3.05, 3.63) is 74.7 Å². The molecule has 1 amide bonds. The Balaban J connectivity index is 1.67. The van der Waals surface area contributed by atoms with Crippen molar-refractivity contribution >= 4 is 21.8 Å². The molecule has 0 aliphatic heterocycles. The van der Waals surface area contributed by atoms with Crippen molar-refractivity contribution in [2.45, 2.75) is 6.42 Å². The number of hydrogen-bond acceptors (Lipinski definition) is 5. The van der Waals surface area contributed by atoms with Crippen LogP contribution in [0.3, 0.4) is 0 Å². The first-order valence-corrected chi connectivity index (χ1v) is 8.98. The lowest BCUT2D eigenvalue weighted by molar-refractivity contribution is 0.0952. The highest BCUT2D eigenvalue weighted by Gasteiger charge is 2.13. The molecule has 2 N–H and O–H groups in total. The molecule has 3 aromatic rings. The lowest BCUT2D eigenvalue weighted by Crippen LogP contribution is -2.31. The van der Waals surface area contributed by atoms with E-state index in [1.807, 2.05) is 18.2 Å². The molecule has 0 fully saturated rings. The van der Waals surface area contributed by atoms with Crippen molar-refractivity contribution in [3.63, 3.8) is 0 Å². The van der Waals surface area contributed by atoms with Crippen molar-refractivity contribution in [2.75, 3.05) is 13.7 Å². The van der Waals surface area contributed by atoms with E-state index in [4.69, 9.17) is 4.74 Å². The van der Waals surface area contributed by atoms with Gasteiger partial charge in [-0.15, -0.1) is 0 Å². The van der Waals surface area contributed by atoms with Gasteiger partial charge in [0.05, 0.1) is 17.3 Å². The number of H-pyrrole nitrogens is 1. The minimum absolute atomic E-state index is 0.0210. The third-order valence-corrected chi connectivity index (χ3v) is 4.56. The van der Waals surface area contributed by atoms with Crippen LogP contribution >= 0.6 is 15.9 Å². The second-order valence-corrected chi connectivity index (χ2v) is 6.56. The Morgan fingerprint density at radius 1 is 1.22 bits per heavy atom. The molecule has 27 heavy (non-hydrogen) atoms. The number of hydrogen-bond donors (Lipinski definition) is 2. The maximum Gasteiger partial charge on any atom is 0.277 e. The van der Waals surface area contributed by atoms with E-state index in [9.17, 15) is 9.59 Å². The Kier molecular flexibility index (Phi) is 5.97. The van der Waals surface area contributed by atoms with Gasteiger partial charge in [0.15, 0.2) is 0 Å². The molecule has 7 nitrogen and oxygen atoms in total. The molecular formula is C19H17BrN4O3. The number of carbonyl (C=O) groups excluding carboxylic acids is 1. The number of methoxy groups -OCH3 is 1. The largest absolute Gasteiger partial charge is 0.496 e. The molecule has 0 unspecified atom stereocenters. The highest BCUT2D eigenvalue weighted by molar-refractivity contribution is 9.10. The predicted molar refractivity (Wildman–Crippen MR) is 105 cm³/mol. The number of pyridine rings is 1. The topological polar surface area (TPSA) is 97.0 Å². The zero-order chi connectivity index (χ0) is 19.2. The van der Waals surface area contributed by atoms with E-state index in [2.05, 4.69) is 36.4 Å². The minimum Gasteiger partial charge on any atom is -0.496 e. The van der Waals surface area contributed by atoms with E-state index >= 15 is 0 Å². The summed E-state index contributed by atoms with van der Waals surface area (Å²) < 4.78 is 6.05. The van der Waals surface area contributed by atoms with Gasteiger partial charge >= 0.3 is 0 Å². The van der Waals surface area contributed by atoms with Gasteiger partial charge in [-0.2, -0.15) is 5.10 Å². The van der Waals surface area contributed by atoms with Crippen LogP contribution < -0.4 is 15.6 Å². The van der Waals surface area contributed by atoms with Crippen LogP contribution in [0, 0.1) is 0 Å². The SMILES string of the molecule is COc1ccc(CCNC(=O)c2cc(-c3ccncc3)n[nH]c2=O)cc1Br. The van der Waals surface area contributed by atoms with E-state index < -0.39 is 11.5 Å². The summed E-state index contributed by atoms with van der Waals surface area (Å²) in [6.07, 6.45) is 3.86. The quantitative estimate of drug-likeness (QED) is 0.628. The molecule has 0 atom stereocenters. The molecule has 2 heterocycles. The van der Waals surface area contributed by atoms with Crippen molar-refractivity contribution in [1.29, 1.82) is 0 Å². The molecule has 0 aliphatic carbocycles. The maximum absolute atomic E-state index is 12.4. The van der Waals surface area contributed by atoms with E-state index in [0.717, 1.165) is 21.3 Å². The van der Waals surface area contributed by atoms with E-state index in [1.54, 1.807) is 31.6 Å². The summed E-state index contributed by atoms with van der Waals surface area (Å²) in [5, 5.41) is 9.12. The average Bonchev–Trinajstić information content (AvgIpc) is 2.69. The minimum atomic E-state index is -0.530. The maximum atomic E-state index is 12.4. The third kappa shape index (κ3) is 4.59. The summed E-state index contributed by atoms with van der Waals surface area (Å²) in [4.78, 5) is 28.3. The predicted octanol–water partition coefficient (Wildman–Crippen LogP) is 2.58. The van der Waals surface area contributed by atoms with Gasteiger partial charge in [0.1, 0.15) is 11.3 Å². The van der Waals surface area contributed by atoms with Gasteiger partial charge in [-0.1, -0.05) is 6.07 Å². The van der Waals surface area contributed by atoms with Gasteiger partial charge < -0.3 is 10.1 Å². The van der Waals surface area contributed by atoms with E-state index in [0.29, 0.717) is 18.7 Å². The van der Waals surface area contributed by atoms with Crippen molar-refractivity contribution < 1.29 is 9.53 Å². The molecule has 3 rings (SSSR count). The van der Waals surface area contributed by atoms with E-state index in [-0.39, 0.29) is 5.56 Å². The summed E-state index contributed by atoms with van der Waals surface area (Å²) in [7, 11) is 1.60. The van der Waals surface area contributed by atoms with Crippen LogP contribution in [0.4, 0.5) is 0 Å². The Morgan fingerprint density at radius 2 is 2.00 bits per heavy atom. The second kappa shape index (κ2) is 8.59. The van der Waals surface area contributed by atoms with Gasteiger partial charge in [-0.3, -0.25) is 14.6 Å². The van der Waals surface area contributed by atoms with Gasteiger partial charge in [0.25, 0.3) is 11.5 Å². The molecule has 0 bridgehead atoms. The van der Waals surface area contributed by atoms with Crippen LogP contribution in [0.2, 0.25) is 0 Å². The van der Waals surface area contributed by atoms with Crippen LogP contribution in [-0.2, 0) is 6.42 Å². The summed E-state index contributed by atoms with van der Waals surface area (Å²) in [6.45, 7) is 0.393. The zero-order valence-corrected chi connectivity index (χ0v) is 16.1. The molecule has 0 saturated heterocycles. The molecule has 0 saturated carbocycles. The molecule has 138 valence electrons. The van der Waals surface area contributed by atoms with Crippen molar-refractivity contribution in [2.24, 2.45) is 0 Å². The first kappa shape index (κ1) is 18.8. The van der Waals surface area contributed by atoms with Crippen LogP contribution in [0.15, 0.2) is 58.1 Å². The zero-order valence-electron chi connectivity index (χ0n) is 14.5. The molecule has 8 heteroatoms. The molecule has 1 aromatic carbocycles. The number of carbonyl (C=O) groups is 1. The smallest absolute Gasteiger partial charge is 0.277 e. The number of halogens is 1. The van der Waals surface area contributed by atoms with Crippen LogP contribution in [0.1, 0.15) is 15.9 Å². The van der Waals surface area contributed by atoms with Gasteiger partial charge in [0.2, 0.25) is 0 Å². The molecule has 0 aliphatic rings. The number of amides is 1. The number of benzene rings is 1. The fourth-order valence-corrected chi connectivity index (χ4v) is 3.11. The summed E-state index contributed by atoms with van der Waals surface area (Å²) in [5.41, 5.74) is 1.79. The van der Waals surface area contributed by atoms with Gasteiger partial charge in [0, 0.05) is 24.5 Å². The second-order valence-electron chi connectivity index (χ2n) is 5.71. The summed E-state index contributed by atoms with van der Waals surface area (Å²) in [6, 6.07) is 10.7. The standard InChI is InChI=1S/C19H17BrN4O3/c1-27-17-3-2-12(10-15(17)20)4-9-22-18(25)14-11-16(23-24-19(14)26)13-5-7-21-8-6-13/h2-3,5-8,10-11H,4,9H2,1H3,(H,22,25)(H,24,26). The van der Waals surface area contributed by atoms with Crippen molar-refractivity contribution in [1.82, 2.24) is 20.5 Å². The fraction of sp³-hybridized carbons (Fsp3) is 0.158. The Hall–Kier alpha value is -3.00. The highest BCUT2D eigenvalue weighted by Crippen LogP contribution is 2.25. The first-order valence-electron chi connectivity index (χ1n) is 8.19. The average molecular weight is 429 g/mol. The normalized spacial score (nSPS) is 10.4. The lowest BCUT2D eigenvalue weighted by atomic mass is 10.1. The summed E-state index contributed by atoms with van der Waals surface area (Å²) in [5.74, 6) is 0.302. The Bertz CT molecular complexity index is 1010. The Morgan fingerprint density at radius 3 is 2.70 bits per heavy atom. The molecular weight excluding hydrogens is 412 g/mol. The highest BCUT2D eigenvalue weighted by atomic mass is 79.9. The first-order chi connectivity index (χ1) is 13.1. The molecule has 2 aromatic heterocycles. The van der Waals surface area contributed by atoms with Gasteiger partial charge in [-0.05, 0) is 58.2 Å². The monoisotopic (exact) mass is 428 g/mol. The van der Waals surface area contributed by atoms with Crippen molar-refractivity contribution in [3.8, 4) is 17.0 Å². The Labute approximate surface area is 163 Å². The number of ether oxygens (including phenoxy) is 1. The van der Waals surface area contributed by atoms with Crippen LogP contribution in [0.5, 0.6) is 5.75 Å². The van der Waals surface area contributed by atoms with Gasteiger partial charge in [-0.25, -0.2) is 5.10 Å². The number of nitrogens with one attached hydrogen (secondary N) is 2. The third-order valence-electron chi connectivity index (χ3n) is 3.94. The van der Waals surface area contributed by atoms with Crippen LogP contribution in [0.25, 0.3) is 11.3 Å².